The molecular weight excluding hydrogens is 265 g/mol. The molecule has 0 radical (unpaired) electrons. The molecule has 88 valence electrons. The number of hydrogen-bond donors (Lipinski definition) is 1. The summed E-state index contributed by atoms with van der Waals surface area (Å²) in [5.74, 6) is -1.74. The molecular formula is C11H7ClFNO2S. The number of nitrogens with zero attached hydrogens (tertiary/aromatic N) is 1. The molecule has 1 aromatic carbocycles. The SMILES string of the molecule is Cc1nc(C(=O)O)c(-c2c(F)cccc2Cl)s1. The molecule has 0 aliphatic rings. The standard InChI is InChI=1S/C11H7ClFNO2S/c1-5-14-9(11(15)16)10(17-5)8-6(12)3-2-4-7(8)13/h2-4H,1H3,(H,15,16). The zero-order valence-corrected chi connectivity index (χ0v) is 10.3. The molecule has 0 atom stereocenters. The molecule has 1 aromatic heterocycles. The third-order valence-electron chi connectivity index (χ3n) is 2.13. The Labute approximate surface area is 106 Å². The molecule has 6 heteroatoms. The normalized spacial score (nSPS) is 10.5. The number of benzene rings is 1. The molecule has 0 amide bonds. The Morgan fingerprint density at radius 3 is 2.82 bits per heavy atom. The van der Waals surface area contributed by atoms with Crippen molar-refractivity contribution in [1.29, 1.82) is 0 Å². The van der Waals surface area contributed by atoms with Gasteiger partial charge in [-0.3, -0.25) is 0 Å². The quantitative estimate of drug-likeness (QED) is 0.908. The molecule has 2 rings (SSSR count). The van der Waals surface area contributed by atoms with Gasteiger partial charge >= 0.3 is 5.97 Å². The van der Waals surface area contributed by atoms with Crippen molar-refractivity contribution in [1.82, 2.24) is 4.98 Å². The number of halogens is 2. The highest BCUT2D eigenvalue weighted by molar-refractivity contribution is 7.15. The monoisotopic (exact) mass is 271 g/mol. The van der Waals surface area contributed by atoms with Gasteiger partial charge in [-0.2, -0.15) is 0 Å². The van der Waals surface area contributed by atoms with E-state index >= 15 is 0 Å². The number of thiazole rings is 1. The van der Waals surface area contributed by atoms with E-state index in [0.717, 1.165) is 11.3 Å². The Morgan fingerprint density at radius 1 is 1.53 bits per heavy atom. The van der Waals surface area contributed by atoms with E-state index in [0.29, 0.717) is 5.01 Å². The van der Waals surface area contributed by atoms with Gasteiger partial charge in [-0.25, -0.2) is 14.2 Å². The first-order valence-corrected chi connectivity index (χ1v) is 5.85. The van der Waals surface area contributed by atoms with E-state index in [1.54, 1.807) is 6.92 Å². The predicted octanol–water partition coefficient (Wildman–Crippen LogP) is 3.61. The van der Waals surface area contributed by atoms with Crippen LogP contribution < -0.4 is 0 Å². The molecule has 0 aliphatic heterocycles. The van der Waals surface area contributed by atoms with Crippen LogP contribution in [0, 0.1) is 12.7 Å². The van der Waals surface area contributed by atoms with Crippen LogP contribution in [0.4, 0.5) is 4.39 Å². The Kier molecular flexibility index (Phi) is 3.13. The van der Waals surface area contributed by atoms with Crippen molar-refractivity contribution < 1.29 is 14.3 Å². The van der Waals surface area contributed by atoms with Crippen LogP contribution in [0.3, 0.4) is 0 Å². The molecule has 0 spiro atoms. The lowest BCUT2D eigenvalue weighted by molar-refractivity contribution is 0.0692. The van der Waals surface area contributed by atoms with Crippen molar-refractivity contribution in [2.24, 2.45) is 0 Å². The zero-order valence-electron chi connectivity index (χ0n) is 8.70. The summed E-state index contributed by atoms with van der Waals surface area (Å²) in [6.45, 7) is 1.66. The molecule has 0 saturated carbocycles. The van der Waals surface area contributed by atoms with Gasteiger partial charge in [0.1, 0.15) is 5.82 Å². The van der Waals surface area contributed by atoms with E-state index in [1.165, 1.54) is 18.2 Å². The zero-order chi connectivity index (χ0) is 12.6. The van der Waals surface area contributed by atoms with Gasteiger partial charge in [0.2, 0.25) is 0 Å². The van der Waals surface area contributed by atoms with Crippen molar-refractivity contribution in [3.05, 3.63) is 39.7 Å². The molecule has 1 N–H and O–H groups in total. The number of aryl methyl sites for hydroxylation is 1. The molecule has 0 fully saturated rings. The van der Waals surface area contributed by atoms with Gasteiger partial charge in [0.15, 0.2) is 5.69 Å². The molecule has 0 aliphatic carbocycles. The second kappa shape index (κ2) is 4.43. The third kappa shape index (κ3) is 2.16. The highest BCUT2D eigenvalue weighted by atomic mass is 35.5. The lowest BCUT2D eigenvalue weighted by Crippen LogP contribution is -1.99. The van der Waals surface area contributed by atoms with Crippen molar-refractivity contribution in [3.63, 3.8) is 0 Å². The van der Waals surface area contributed by atoms with Crippen molar-refractivity contribution in [2.75, 3.05) is 0 Å². The molecule has 1 heterocycles. The van der Waals surface area contributed by atoms with Crippen LogP contribution in [0.2, 0.25) is 5.02 Å². The Balaban J connectivity index is 2.72. The number of rotatable bonds is 2. The Bertz CT molecular complexity index is 577. The first-order chi connectivity index (χ1) is 8.00. The van der Waals surface area contributed by atoms with Crippen LogP contribution in [0.1, 0.15) is 15.5 Å². The first kappa shape index (κ1) is 12.0. The van der Waals surface area contributed by atoms with Gasteiger partial charge in [-0.1, -0.05) is 17.7 Å². The number of aromatic nitrogens is 1. The van der Waals surface area contributed by atoms with Crippen molar-refractivity contribution in [3.8, 4) is 10.4 Å². The van der Waals surface area contributed by atoms with Gasteiger partial charge in [-0.05, 0) is 19.1 Å². The molecule has 0 saturated heterocycles. The van der Waals surface area contributed by atoms with E-state index in [-0.39, 0.29) is 21.2 Å². The lowest BCUT2D eigenvalue weighted by Gasteiger charge is -2.03. The third-order valence-corrected chi connectivity index (χ3v) is 3.43. The number of hydrogen-bond acceptors (Lipinski definition) is 3. The summed E-state index contributed by atoms with van der Waals surface area (Å²) < 4.78 is 13.7. The first-order valence-electron chi connectivity index (χ1n) is 4.66. The fourth-order valence-corrected chi connectivity index (χ4v) is 2.74. The van der Waals surface area contributed by atoms with E-state index in [1.807, 2.05) is 0 Å². The minimum absolute atomic E-state index is 0.0946. The maximum atomic E-state index is 13.7. The maximum Gasteiger partial charge on any atom is 0.356 e. The summed E-state index contributed by atoms with van der Waals surface area (Å²) in [4.78, 5) is 15.1. The van der Waals surface area contributed by atoms with Crippen LogP contribution in [-0.2, 0) is 0 Å². The second-order valence-electron chi connectivity index (χ2n) is 3.31. The van der Waals surface area contributed by atoms with Crippen LogP contribution in [0.5, 0.6) is 0 Å². The van der Waals surface area contributed by atoms with E-state index in [4.69, 9.17) is 16.7 Å². The largest absolute Gasteiger partial charge is 0.476 e. The highest BCUT2D eigenvalue weighted by Gasteiger charge is 2.21. The van der Waals surface area contributed by atoms with Crippen molar-refractivity contribution in [2.45, 2.75) is 6.92 Å². The highest BCUT2D eigenvalue weighted by Crippen LogP contribution is 2.36. The van der Waals surface area contributed by atoms with Crippen molar-refractivity contribution >= 4 is 28.9 Å². The van der Waals surface area contributed by atoms with Gasteiger partial charge in [0.25, 0.3) is 0 Å². The van der Waals surface area contributed by atoms with Gasteiger partial charge in [-0.15, -0.1) is 11.3 Å². The van der Waals surface area contributed by atoms with Crippen LogP contribution in [0.15, 0.2) is 18.2 Å². The van der Waals surface area contributed by atoms with Gasteiger partial charge < -0.3 is 5.11 Å². The fourth-order valence-electron chi connectivity index (χ4n) is 1.46. The minimum atomic E-state index is -1.19. The average molecular weight is 272 g/mol. The van der Waals surface area contributed by atoms with E-state index in [2.05, 4.69) is 4.98 Å². The predicted molar refractivity (Wildman–Crippen MR) is 64.2 cm³/mol. The summed E-state index contributed by atoms with van der Waals surface area (Å²) in [6, 6.07) is 4.22. The average Bonchev–Trinajstić information content (AvgIpc) is 2.60. The number of carbonyl (C=O) groups is 1. The number of carboxylic acid groups (broad SMARTS) is 1. The van der Waals surface area contributed by atoms with Gasteiger partial charge in [0.05, 0.1) is 14.9 Å². The van der Waals surface area contributed by atoms with E-state index < -0.39 is 11.8 Å². The molecule has 0 bridgehead atoms. The summed E-state index contributed by atoms with van der Waals surface area (Å²) in [5, 5.41) is 9.73. The minimum Gasteiger partial charge on any atom is -0.476 e. The van der Waals surface area contributed by atoms with Crippen LogP contribution in [-0.4, -0.2) is 16.1 Å². The second-order valence-corrected chi connectivity index (χ2v) is 4.92. The molecule has 0 unspecified atom stereocenters. The van der Waals surface area contributed by atoms with E-state index in [9.17, 15) is 9.18 Å². The fraction of sp³-hybridized carbons (Fsp3) is 0.0909. The lowest BCUT2D eigenvalue weighted by atomic mass is 10.1. The Hall–Kier alpha value is -1.46. The molecule has 2 aromatic rings. The summed E-state index contributed by atoms with van der Waals surface area (Å²) in [7, 11) is 0. The topological polar surface area (TPSA) is 50.2 Å². The maximum absolute atomic E-state index is 13.7. The van der Waals surface area contributed by atoms with Crippen LogP contribution >= 0.6 is 22.9 Å². The summed E-state index contributed by atoms with van der Waals surface area (Å²) in [6.07, 6.45) is 0. The molecule has 17 heavy (non-hydrogen) atoms. The number of aromatic carboxylic acids is 1. The van der Waals surface area contributed by atoms with Gasteiger partial charge in [0, 0.05) is 5.56 Å². The summed E-state index contributed by atoms with van der Waals surface area (Å²) in [5.41, 5.74) is -0.0725. The number of carboxylic acids is 1. The van der Waals surface area contributed by atoms with Crippen LogP contribution in [0.25, 0.3) is 10.4 Å². The Morgan fingerprint density at radius 2 is 2.24 bits per heavy atom. The molecule has 3 nitrogen and oxygen atoms in total. The summed E-state index contributed by atoms with van der Waals surface area (Å²) >= 11 is 7.00. The smallest absolute Gasteiger partial charge is 0.356 e.